The largest absolute Gasteiger partial charge is 0.324 e. The maximum absolute atomic E-state index is 6.07. The molecule has 1 aliphatic carbocycles. The highest BCUT2D eigenvalue weighted by Gasteiger charge is 2.31. The van der Waals surface area contributed by atoms with Crippen LogP contribution in [0.1, 0.15) is 43.6 Å². The molecule has 0 bridgehead atoms. The van der Waals surface area contributed by atoms with Crippen molar-refractivity contribution in [1.82, 2.24) is 14.9 Å². The van der Waals surface area contributed by atoms with E-state index in [1.165, 1.54) is 37.0 Å². The number of nitrogens with zero attached hydrogens (tertiary/aromatic N) is 2. The second kappa shape index (κ2) is 3.97. The van der Waals surface area contributed by atoms with Gasteiger partial charge in [0.2, 0.25) is 0 Å². The zero-order chi connectivity index (χ0) is 12.1. The monoisotopic (exact) mass is 261 g/mol. The highest BCUT2D eigenvalue weighted by Crippen LogP contribution is 2.41. The second-order valence-electron chi connectivity index (χ2n) is 5.35. The standard InChI is InChI=1S/C14H16ClN3/c15-9-3-6-13-12(8-9)17-14(11-2-1-7-16-11)18(13)10-4-5-10/h3,6,8,10-11,16H,1-2,4-5,7H2. The van der Waals surface area contributed by atoms with Crippen LogP contribution in [0, 0.1) is 0 Å². The molecule has 0 spiro atoms. The summed E-state index contributed by atoms with van der Waals surface area (Å²) in [5.74, 6) is 1.22. The molecule has 0 amide bonds. The van der Waals surface area contributed by atoms with E-state index in [2.05, 4.69) is 16.0 Å². The summed E-state index contributed by atoms with van der Waals surface area (Å²) in [6.07, 6.45) is 5.02. The van der Waals surface area contributed by atoms with E-state index in [0.717, 1.165) is 17.1 Å². The van der Waals surface area contributed by atoms with Crippen LogP contribution in [0.15, 0.2) is 18.2 Å². The summed E-state index contributed by atoms with van der Waals surface area (Å²) < 4.78 is 2.44. The van der Waals surface area contributed by atoms with Gasteiger partial charge in [-0.2, -0.15) is 0 Å². The van der Waals surface area contributed by atoms with Gasteiger partial charge in [-0.1, -0.05) is 11.6 Å². The van der Waals surface area contributed by atoms with Gasteiger partial charge in [0.15, 0.2) is 0 Å². The van der Waals surface area contributed by atoms with Crippen LogP contribution in [0.3, 0.4) is 0 Å². The smallest absolute Gasteiger partial charge is 0.127 e. The van der Waals surface area contributed by atoms with Crippen molar-refractivity contribution in [2.24, 2.45) is 0 Å². The first kappa shape index (κ1) is 10.8. The molecule has 2 fully saturated rings. The summed E-state index contributed by atoms with van der Waals surface area (Å²) in [5.41, 5.74) is 2.28. The van der Waals surface area contributed by atoms with E-state index in [9.17, 15) is 0 Å². The molecule has 1 N–H and O–H groups in total. The van der Waals surface area contributed by atoms with Gasteiger partial charge in [0.05, 0.1) is 17.1 Å². The quantitative estimate of drug-likeness (QED) is 0.897. The number of hydrogen-bond acceptors (Lipinski definition) is 2. The van der Waals surface area contributed by atoms with Crippen molar-refractivity contribution >= 4 is 22.6 Å². The summed E-state index contributed by atoms with van der Waals surface area (Å²) in [4.78, 5) is 4.83. The molecule has 4 rings (SSSR count). The molecule has 1 aliphatic heterocycles. The molecule has 2 heterocycles. The average molecular weight is 262 g/mol. The Hall–Kier alpha value is -1.06. The van der Waals surface area contributed by atoms with Crippen molar-refractivity contribution in [2.75, 3.05) is 6.54 Å². The number of fused-ring (bicyclic) bond motifs is 1. The van der Waals surface area contributed by atoms with Crippen molar-refractivity contribution in [3.8, 4) is 0 Å². The zero-order valence-electron chi connectivity index (χ0n) is 10.2. The predicted octanol–water partition coefficient (Wildman–Crippen LogP) is 3.45. The molecule has 94 valence electrons. The number of aromatic nitrogens is 2. The molecule has 3 nitrogen and oxygen atoms in total. The van der Waals surface area contributed by atoms with E-state index in [1.807, 2.05) is 12.1 Å². The number of nitrogens with one attached hydrogen (secondary N) is 1. The van der Waals surface area contributed by atoms with Crippen molar-refractivity contribution in [3.63, 3.8) is 0 Å². The van der Waals surface area contributed by atoms with Gasteiger partial charge >= 0.3 is 0 Å². The SMILES string of the molecule is Clc1ccc2c(c1)nc(C1CCCN1)n2C1CC1. The van der Waals surface area contributed by atoms with Crippen molar-refractivity contribution in [3.05, 3.63) is 29.0 Å². The van der Waals surface area contributed by atoms with Crippen LogP contribution in [-0.4, -0.2) is 16.1 Å². The number of imidazole rings is 1. The Balaban J connectivity index is 1.91. The Bertz CT molecular complexity index is 594. The average Bonchev–Trinajstić information content (AvgIpc) is 2.92. The van der Waals surface area contributed by atoms with Gasteiger partial charge in [-0.3, -0.25) is 0 Å². The van der Waals surface area contributed by atoms with Crippen LogP contribution >= 0.6 is 11.6 Å². The molecule has 0 radical (unpaired) electrons. The Morgan fingerprint density at radius 3 is 2.89 bits per heavy atom. The van der Waals surface area contributed by atoms with Crippen molar-refractivity contribution in [1.29, 1.82) is 0 Å². The van der Waals surface area contributed by atoms with Gasteiger partial charge in [0, 0.05) is 11.1 Å². The maximum atomic E-state index is 6.07. The maximum Gasteiger partial charge on any atom is 0.127 e. The van der Waals surface area contributed by atoms with E-state index in [-0.39, 0.29) is 0 Å². The third-order valence-electron chi connectivity index (χ3n) is 3.96. The Labute approximate surface area is 111 Å². The van der Waals surface area contributed by atoms with Gasteiger partial charge in [-0.25, -0.2) is 4.98 Å². The third kappa shape index (κ3) is 1.65. The fourth-order valence-corrected chi connectivity index (χ4v) is 3.12. The van der Waals surface area contributed by atoms with Crippen LogP contribution in [0.4, 0.5) is 0 Å². The summed E-state index contributed by atoms with van der Waals surface area (Å²) >= 11 is 6.07. The lowest BCUT2D eigenvalue weighted by Gasteiger charge is -2.13. The van der Waals surface area contributed by atoms with Gasteiger partial charge in [0.1, 0.15) is 5.82 Å². The molecule has 4 heteroatoms. The van der Waals surface area contributed by atoms with E-state index >= 15 is 0 Å². The Morgan fingerprint density at radius 1 is 1.28 bits per heavy atom. The van der Waals surface area contributed by atoms with Crippen LogP contribution in [-0.2, 0) is 0 Å². The first-order valence-electron chi connectivity index (χ1n) is 6.74. The molecule has 1 saturated carbocycles. The lowest BCUT2D eigenvalue weighted by Crippen LogP contribution is -2.17. The normalized spacial score (nSPS) is 23.9. The first-order chi connectivity index (χ1) is 8.83. The topological polar surface area (TPSA) is 29.9 Å². The molecule has 2 aromatic rings. The number of hydrogen-bond donors (Lipinski definition) is 1. The molecule has 1 aromatic heterocycles. The molecule has 1 atom stereocenters. The molecular formula is C14H16ClN3. The van der Waals surface area contributed by atoms with Crippen molar-refractivity contribution in [2.45, 2.75) is 37.8 Å². The van der Waals surface area contributed by atoms with Gasteiger partial charge < -0.3 is 9.88 Å². The summed E-state index contributed by atoms with van der Waals surface area (Å²) in [7, 11) is 0. The van der Waals surface area contributed by atoms with E-state index in [0.29, 0.717) is 12.1 Å². The van der Waals surface area contributed by atoms with Crippen LogP contribution < -0.4 is 5.32 Å². The number of rotatable bonds is 2. The molecule has 1 aromatic carbocycles. The van der Waals surface area contributed by atoms with Crippen LogP contribution in [0.2, 0.25) is 5.02 Å². The minimum absolute atomic E-state index is 0.428. The zero-order valence-corrected chi connectivity index (χ0v) is 11.0. The summed E-state index contributed by atoms with van der Waals surface area (Å²) in [6, 6.07) is 7.15. The first-order valence-corrected chi connectivity index (χ1v) is 7.11. The van der Waals surface area contributed by atoms with E-state index in [1.54, 1.807) is 0 Å². The van der Waals surface area contributed by atoms with Crippen molar-refractivity contribution < 1.29 is 0 Å². The second-order valence-corrected chi connectivity index (χ2v) is 5.79. The molecule has 1 unspecified atom stereocenters. The van der Waals surface area contributed by atoms with Gasteiger partial charge in [-0.15, -0.1) is 0 Å². The third-order valence-corrected chi connectivity index (χ3v) is 4.20. The summed E-state index contributed by atoms with van der Waals surface area (Å²) in [5, 5.41) is 4.33. The summed E-state index contributed by atoms with van der Waals surface area (Å²) in [6.45, 7) is 1.11. The highest BCUT2D eigenvalue weighted by atomic mass is 35.5. The lowest BCUT2D eigenvalue weighted by molar-refractivity contribution is 0.560. The molecule has 1 saturated heterocycles. The van der Waals surface area contributed by atoms with E-state index in [4.69, 9.17) is 16.6 Å². The number of benzene rings is 1. The van der Waals surface area contributed by atoms with Crippen LogP contribution in [0.25, 0.3) is 11.0 Å². The fourth-order valence-electron chi connectivity index (χ4n) is 2.96. The predicted molar refractivity (Wildman–Crippen MR) is 73.0 cm³/mol. The Kier molecular flexibility index (Phi) is 2.39. The molecular weight excluding hydrogens is 246 g/mol. The Morgan fingerprint density at radius 2 is 2.17 bits per heavy atom. The van der Waals surface area contributed by atoms with Gasteiger partial charge in [0.25, 0.3) is 0 Å². The minimum atomic E-state index is 0.428. The lowest BCUT2D eigenvalue weighted by atomic mass is 10.2. The highest BCUT2D eigenvalue weighted by molar-refractivity contribution is 6.31. The molecule has 2 aliphatic rings. The van der Waals surface area contributed by atoms with Crippen LogP contribution in [0.5, 0.6) is 0 Å². The van der Waals surface area contributed by atoms with E-state index < -0.39 is 0 Å². The molecule has 18 heavy (non-hydrogen) atoms. The number of halogens is 1. The minimum Gasteiger partial charge on any atom is -0.324 e. The van der Waals surface area contributed by atoms with Gasteiger partial charge in [-0.05, 0) is 50.4 Å². The fraction of sp³-hybridized carbons (Fsp3) is 0.500.